The first-order valence-electron chi connectivity index (χ1n) is 5.10. The molecule has 0 aromatic rings. The Morgan fingerprint density at radius 1 is 1.00 bits per heavy atom. The van der Waals surface area contributed by atoms with Gasteiger partial charge in [0.05, 0.1) is 0 Å². The number of aldehydes is 1. The molecule has 0 spiro atoms. The van der Waals surface area contributed by atoms with Gasteiger partial charge in [0.2, 0.25) is 0 Å². The Kier molecular flexibility index (Phi) is 23.7. The molecule has 5 heteroatoms. The Morgan fingerprint density at radius 3 is 1.41 bits per heavy atom. The first-order chi connectivity index (χ1) is 8.12. The van der Waals surface area contributed by atoms with Crippen LogP contribution in [0.25, 0.3) is 0 Å². The van der Waals surface area contributed by atoms with Crippen molar-refractivity contribution in [2.75, 3.05) is 13.2 Å². The number of esters is 2. The molecule has 0 rings (SSSR count). The lowest BCUT2D eigenvalue weighted by Gasteiger charge is -2.01. The molecule has 0 saturated heterocycles. The molecule has 0 bridgehead atoms. The predicted octanol–water partition coefficient (Wildman–Crippen LogP) is 1.68. The third-order valence-electron chi connectivity index (χ3n) is 0.905. The van der Waals surface area contributed by atoms with Gasteiger partial charge in [-0.3, -0.25) is 0 Å². The first-order valence-corrected chi connectivity index (χ1v) is 5.10. The van der Waals surface area contributed by atoms with Gasteiger partial charge in [-0.15, -0.1) is 0 Å². The molecule has 0 aromatic heterocycles. The Labute approximate surface area is 102 Å². The van der Waals surface area contributed by atoms with E-state index in [0.717, 1.165) is 18.4 Å². The van der Waals surface area contributed by atoms with Crippen molar-refractivity contribution >= 4 is 18.2 Å². The monoisotopic (exact) mass is 244 g/mol. The van der Waals surface area contributed by atoms with Crippen LogP contribution in [0.3, 0.4) is 0 Å². The van der Waals surface area contributed by atoms with Gasteiger partial charge in [-0.1, -0.05) is 27.0 Å². The molecule has 0 aliphatic heterocycles. The Hall–Kier alpha value is -1.91. The second-order valence-corrected chi connectivity index (χ2v) is 1.98. The number of rotatable bonds is 5. The number of carbonyl (C=O) groups is 3. The Morgan fingerprint density at radius 2 is 1.24 bits per heavy atom. The predicted molar refractivity (Wildman–Crippen MR) is 65.4 cm³/mol. The first kappa shape index (κ1) is 20.5. The molecule has 98 valence electrons. The molecular formula is C12H20O5. The molecule has 17 heavy (non-hydrogen) atoms. The molecule has 0 aliphatic carbocycles. The number of hydrogen-bond donors (Lipinski definition) is 0. The second-order valence-electron chi connectivity index (χ2n) is 1.98. The normalized spacial score (nSPS) is 7.00. The summed E-state index contributed by atoms with van der Waals surface area (Å²) in [4.78, 5) is 29.7. The third kappa shape index (κ3) is 24.9. The number of hydrogen-bond acceptors (Lipinski definition) is 5. The highest BCUT2D eigenvalue weighted by Crippen LogP contribution is 1.82. The highest BCUT2D eigenvalue weighted by Gasteiger charge is 1.97. The van der Waals surface area contributed by atoms with Crippen LogP contribution >= 0.6 is 0 Å². The minimum atomic E-state index is -0.537. The van der Waals surface area contributed by atoms with E-state index in [4.69, 9.17) is 4.79 Å². The van der Waals surface area contributed by atoms with Crippen molar-refractivity contribution in [3.05, 3.63) is 25.3 Å². The van der Waals surface area contributed by atoms with Crippen LogP contribution in [0.1, 0.15) is 20.8 Å². The summed E-state index contributed by atoms with van der Waals surface area (Å²) in [5.74, 6) is -1.07. The zero-order valence-corrected chi connectivity index (χ0v) is 10.6. The summed E-state index contributed by atoms with van der Waals surface area (Å²) in [6.07, 6.45) is 2.82. The van der Waals surface area contributed by atoms with E-state index in [1.165, 1.54) is 6.92 Å². The molecule has 0 saturated carbocycles. The van der Waals surface area contributed by atoms with Crippen LogP contribution in [-0.4, -0.2) is 31.4 Å². The second kappa shape index (κ2) is 19.6. The van der Waals surface area contributed by atoms with Gasteiger partial charge in [0.1, 0.15) is 19.5 Å². The zero-order valence-electron chi connectivity index (χ0n) is 10.6. The average Bonchev–Trinajstić information content (AvgIpc) is 2.37. The maximum Gasteiger partial charge on any atom is 0.330 e. The van der Waals surface area contributed by atoms with E-state index in [9.17, 15) is 9.59 Å². The van der Waals surface area contributed by atoms with E-state index >= 15 is 0 Å². The highest BCUT2D eigenvalue weighted by molar-refractivity contribution is 5.81. The number of ether oxygens (including phenoxy) is 2. The standard InChI is InChI=1S/C8H10O4.C2H4O.C2H6/c1-3-7(9)11-5-6-12-8(10)4-2;1-2-3;1-2/h3-4H,1-2,5-6H2;2H,1H3;1-2H3. The molecular weight excluding hydrogens is 224 g/mol. The molecule has 0 amide bonds. The molecule has 0 radical (unpaired) electrons. The summed E-state index contributed by atoms with van der Waals surface area (Å²) in [6, 6.07) is 0. The van der Waals surface area contributed by atoms with Crippen LogP contribution < -0.4 is 0 Å². The summed E-state index contributed by atoms with van der Waals surface area (Å²) < 4.78 is 9.04. The summed E-state index contributed by atoms with van der Waals surface area (Å²) >= 11 is 0. The Bertz CT molecular complexity index is 211. The van der Waals surface area contributed by atoms with Crippen LogP contribution in [0.2, 0.25) is 0 Å². The van der Waals surface area contributed by atoms with Crippen molar-refractivity contribution in [2.24, 2.45) is 0 Å². The van der Waals surface area contributed by atoms with Gasteiger partial charge < -0.3 is 14.3 Å². The van der Waals surface area contributed by atoms with Gasteiger partial charge in [0, 0.05) is 12.2 Å². The van der Waals surface area contributed by atoms with E-state index in [-0.39, 0.29) is 13.2 Å². The van der Waals surface area contributed by atoms with Crippen molar-refractivity contribution < 1.29 is 23.9 Å². The van der Waals surface area contributed by atoms with E-state index in [2.05, 4.69) is 22.6 Å². The molecule has 0 unspecified atom stereocenters. The quantitative estimate of drug-likeness (QED) is 0.318. The van der Waals surface area contributed by atoms with E-state index in [1.54, 1.807) is 0 Å². The van der Waals surface area contributed by atoms with Gasteiger partial charge in [-0.05, 0) is 6.92 Å². The van der Waals surface area contributed by atoms with E-state index in [0.29, 0.717) is 0 Å². The van der Waals surface area contributed by atoms with Crippen molar-refractivity contribution in [3.8, 4) is 0 Å². The van der Waals surface area contributed by atoms with Gasteiger partial charge in [0.15, 0.2) is 0 Å². The van der Waals surface area contributed by atoms with Crippen LogP contribution in [-0.2, 0) is 23.9 Å². The lowest BCUT2D eigenvalue weighted by atomic mass is 10.6. The largest absolute Gasteiger partial charge is 0.459 e. The third-order valence-corrected chi connectivity index (χ3v) is 0.905. The molecule has 0 heterocycles. The summed E-state index contributed by atoms with van der Waals surface area (Å²) in [5.41, 5.74) is 0. The molecule has 0 aromatic carbocycles. The van der Waals surface area contributed by atoms with Crippen molar-refractivity contribution in [1.82, 2.24) is 0 Å². The Balaban J connectivity index is -0.000000337. The van der Waals surface area contributed by atoms with Gasteiger partial charge in [-0.2, -0.15) is 0 Å². The molecule has 5 nitrogen and oxygen atoms in total. The van der Waals surface area contributed by atoms with Crippen molar-refractivity contribution in [1.29, 1.82) is 0 Å². The smallest absolute Gasteiger partial charge is 0.330 e. The zero-order chi connectivity index (χ0) is 14.1. The fraction of sp³-hybridized carbons (Fsp3) is 0.417. The summed E-state index contributed by atoms with van der Waals surface area (Å²) in [5, 5.41) is 0. The minimum Gasteiger partial charge on any atom is -0.459 e. The fourth-order valence-corrected chi connectivity index (χ4v) is 0.402. The number of carbonyl (C=O) groups excluding carboxylic acids is 3. The lowest BCUT2D eigenvalue weighted by Crippen LogP contribution is -2.10. The SMILES string of the molecule is C=CC(=O)OCCOC(=O)C=C.CC.CC=O. The molecule has 0 aliphatic rings. The highest BCUT2D eigenvalue weighted by atomic mass is 16.6. The van der Waals surface area contributed by atoms with Gasteiger partial charge in [-0.25, -0.2) is 9.59 Å². The topological polar surface area (TPSA) is 69.7 Å². The average molecular weight is 244 g/mol. The van der Waals surface area contributed by atoms with Crippen molar-refractivity contribution in [2.45, 2.75) is 20.8 Å². The van der Waals surface area contributed by atoms with Crippen LogP contribution in [0.15, 0.2) is 25.3 Å². The lowest BCUT2D eigenvalue weighted by molar-refractivity contribution is -0.146. The van der Waals surface area contributed by atoms with Crippen LogP contribution in [0.4, 0.5) is 0 Å². The molecule has 0 atom stereocenters. The fourth-order valence-electron chi connectivity index (χ4n) is 0.402. The van der Waals surface area contributed by atoms with Crippen LogP contribution in [0, 0.1) is 0 Å². The molecule has 0 N–H and O–H groups in total. The van der Waals surface area contributed by atoms with E-state index in [1.807, 2.05) is 13.8 Å². The van der Waals surface area contributed by atoms with Crippen LogP contribution in [0.5, 0.6) is 0 Å². The maximum atomic E-state index is 10.4. The molecule has 0 fully saturated rings. The minimum absolute atomic E-state index is 0.0322. The van der Waals surface area contributed by atoms with Crippen molar-refractivity contribution in [3.63, 3.8) is 0 Å². The van der Waals surface area contributed by atoms with Gasteiger partial charge >= 0.3 is 11.9 Å². The maximum absolute atomic E-state index is 10.4. The van der Waals surface area contributed by atoms with E-state index < -0.39 is 11.9 Å². The summed E-state index contributed by atoms with van der Waals surface area (Å²) in [6.45, 7) is 11.9. The summed E-state index contributed by atoms with van der Waals surface area (Å²) in [7, 11) is 0. The van der Waals surface area contributed by atoms with Gasteiger partial charge in [0.25, 0.3) is 0 Å².